The molecule has 0 saturated carbocycles. The summed E-state index contributed by atoms with van der Waals surface area (Å²) < 4.78 is 0. The van der Waals surface area contributed by atoms with E-state index in [1.807, 2.05) is 54.6 Å². The molecule has 0 spiro atoms. The monoisotopic (exact) mass is 371 g/mol. The number of carboxylic acids is 1. The van der Waals surface area contributed by atoms with Crippen LogP contribution in [-0.4, -0.2) is 27.9 Å². The molecule has 2 rings (SSSR count). The van der Waals surface area contributed by atoms with Crippen molar-refractivity contribution in [1.82, 2.24) is 5.48 Å². The van der Waals surface area contributed by atoms with Gasteiger partial charge in [-0.3, -0.25) is 4.79 Å². The van der Waals surface area contributed by atoms with Gasteiger partial charge in [0.1, 0.15) is 5.60 Å². The van der Waals surface area contributed by atoms with Crippen molar-refractivity contribution < 1.29 is 20.2 Å². The van der Waals surface area contributed by atoms with Crippen molar-refractivity contribution in [3.8, 4) is 0 Å². The van der Waals surface area contributed by atoms with Gasteiger partial charge in [-0.2, -0.15) is 0 Å². The lowest BCUT2D eigenvalue weighted by molar-refractivity contribution is -0.137. The van der Waals surface area contributed by atoms with Gasteiger partial charge in [0.15, 0.2) is 0 Å². The van der Waals surface area contributed by atoms with Gasteiger partial charge in [0.05, 0.1) is 0 Å². The molecule has 0 bridgehead atoms. The second-order valence-corrected chi connectivity index (χ2v) is 6.89. The van der Waals surface area contributed by atoms with Crippen LogP contribution in [-0.2, 0) is 16.8 Å². The van der Waals surface area contributed by atoms with Gasteiger partial charge in [-0.1, -0.05) is 61.0 Å². The molecule has 0 radical (unpaired) electrons. The van der Waals surface area contributed by atoms with Crippen molar-refractivity contribution in [2.45, 2.75) is 50.5 Å². The van der Waals surface area contributed by atoms with Crippen molar-refractivity contribution in [2.24, 2.45) is 0 Å². The maximum atomic E-state index is 11.5. The summed E-state index contributed by atoms with van der Waals surface area (Å²) in [6.07, 6.45) is 4.69. The fourth-order valence-electron chi connectivity index (χ4n) is 3.32. The average Bonchev–Trinajstić information content (AvgIpc) is 2.68. The Hall–Kier alpha value is -2.21. The molecule has 0 amide bonds. The molecular formula is C22H29NO4. The maximum absolute atomic E-state index is 11.5. The third-order valence-corrected chi connectivity index (χ3v) is 4.87. The fraction of sp³-hybridized carbons (Fsp3) is 0.409. The minimum atomic E-state index is -1.06. The summed E-state index contributed by atoms with van der Waals surface area (Å²) in [6, 6.07) is 17.5. The molecular weight excluding hydrogens is 342 g/mol. The van der Waals surface area contributed by atoms with Crippen molar-refractivity contribution in [1.29, 1.82) is 0 Å². The smallest absolute Gasteiger partial charge is 0.303 e. The third kappa shape index (κ3) is 6.47. The molecule has 4 N–H and O–H groups in total. The topological polar surface area (TPSA) is 89.8 Å². The van der Waals surface area contributed by atoms with E-state index in [1.54, 1.807) is 0 Å². The first-order valence-corrected chi connectivity index (χ1v) is 9.52. The summed E-state index contributed by atoms with van der Waals surface area (Å²) in [7, 11) is 0. The van der Waals surface area contributed by atoms with Gasteiger partial charge in [-0.15, -0.1) is 0 Å². The van der Waals surface area contributed by atoms with E-state index in [0.29, 0.717) is 25.8 Å². The molecule has 0 fully saturated rings. The van der Waals surface area contributed by atoms with Crippen molar-refractivity contribution in [3.63, 3.8) is 0 Å². The second-order valence-electron chi connectivity index (χ2n) is 6.89. The highest BCUT2D eigenvalue weighted by Crippen LogP contribution is 2.35. The van der Waals surface area contributed by atoms with E-state index in [9.17, 15) is 9.90 Å². The number of carbonyl (C=O) groups is 1. The van der Waals surface area contributed by atoms with E-state index in [2.05, 4.69) is 5.48 Å². The van der Waals surface area contributed by atoms with E-state index in [0.717, 1.165) is 36.0 Å². The number of nitrogens with one attached hydrogen (secondary N) is 1. The van der Waals surface area contributed by atoms with Crippen LogP contribution in [0.2, 0.25) is 0 Å². The summed E-state index contributed by atoms with van der Waals surface area (Å²) in [5.74, 6) is -0.776. The van der Waals surface area contributed by atoms with Gasteiger partial charge in [0.25, 0.3) is 0 Å². The van der Waals surface area contributed by atoms with Crippen molar-refractivity contribution >= 4 is 5.97 Å². The zero-order chi connectivity index (χ0) is 19.5. The molecule has 0 aliphatic rings. The molecule has 27 heavy (non-hydrogen) atoms. The number of hydrogen-bond donors (Lipinski definition) is 4. The van der Waals surface area contributed by atoms with Crippen LogP contribution in [0.3, 0.4) is 0 Å². The highest BCUT2D eigenvalue weighted by Gasteiger charge is 2.30. The van der Waals surface area contributed by atoms with E-state index in [1.165, 1.54) is 0 Å². The summed E-state index contributed by atoms with van der Waals surface area (Å²) >= 11 is 0. The maximum Gasteiger partial charge on any atom is 0.303 e. The lowest BCUT2D eigenvalue weighted by Gasteiger charge is -2.30. The Bertz CT molecular complexity index is 687. The predicted octanol–water partition coefficient (Wildman–Crippen LogP) is 3.87. The van der Waals surface area contributed by atoms with Crippen LogP contribution in [0.4, 0.5) is 0 Å². The second kappa shape index (κ2) is 10.8. The Morgan fingerprint density at radius 1 is 0.889 bits per heavy atom. The van der Waals surface area contributed by atoms with E-state index in [4.69, 9.17) is 10.3 Å². The standard InChI is InChI=1S/C22H29NO4/c24-21(25)11-7-8-18-12-14-20(15-13-18)22(26,16-5-2-6-17-23-27)19-9-3-1-4-10-19/h1,3-4,9-10,12-15,23,26-27H,2,5-8,11,16-17H2,(H,24,25). The Kier molecular flexibility index (Phi) is 8.45. The quantitative estimate of drug-likeness (QED) is 0.336. The van der Waals surface area contributed by atoms with E-state index in [-0.39, 0.29) is 6.42 Å². The molecule has 146 valence electrons. The lowest BCUT2D eigenvalue weighted by Crippen LogP contribution is -2.27. The number of carboxylic acid groups (broad SMARTS) is 1. The minimum Gasteiger partial charge on any atom is -0.481 e. The molecule has 0 aliphatic carbocycles. The predicted molar refractivity (Wildman–Crippen MR) is 105 cm³/mol. The molecule has 1 atom stereocenters. The Morgan fingerprint density at radius 3 is 2.19 bits per heavy atom. The highest BCUT2D eigenvalue weighted by molar-refractivity contribution is 5.66. The largest absolute Gasteiger partial charge is 0.481 e. The zero-order valence-electron chi connectivity index (χ0n) is 15.6. The molecule has 5 heteroatoms. The van der Waals surface area contributed by atoms with Crippen molar-refractivity contribution in [3.05, 3.63) is 71.3 Å². The zero-order valence-corrected chi connectivity index (χ0v) is 15.6. The number of benzene rings is 2. The molecule has 5 nitrogen and oxygen atoms in total. The van der Waals surface area contributed by atoms with E-state index < -0.39 is 11.6 Å². The van der Waals surface area contributed by atoms with Crippen LogP contribution in [0.1, 0.15) is 55.2 Å². The molecule has 2 aromatic carbocycles. The van der Waals surface area contributed by atoms with Gasteiger partial charge >= 0.3 is 5.97 Å². The molecule has 1 unspecified atom stereocenters. The van der Waals surface area contributed by atoms with Crippen LogP contribution in [0, 0.1) is 0 Å². The Balaban J connectivity index is 2.11. The first-order chi connectivity index (χ1) is 13.1. The first kappa shape index (κ1) is 21.1. The van der Waals surface area contributed by atoms with E-state index >= 15 is 0 Å². The summed E-state index contributed by atoms with van der Waals surface area (Å²) in [4.78, 5) is 10.6. The Morgan fingerprint density at radius 2 is 1.56 bits per heavy atom. The van der Waals surface area contributed by atoms with Crippen LogP contribution in [0.15, 0.2) is 54.6 Å². The van der Waals surface area contributed by atoms with Gasteiger partial charge < -0.3 is 15.4 Å². The number of unbranched alkanes of at least 4 members (excludes halogenated alkanes) is 2. The van der Waals surface area contributed by atoms with Crippen LogP contribution >= 0.6 is 0 Å². The normalized spacial score (nSPS) is 13.3. The van der Waals surface area contributed by atoms with Crippen molar-refractivity contribution in [2.75, 3.05) is 6.54 Å². The van der Waals surface area contributed by atoms with Crippen LogP contribution < -0.4 is 5.48 Å². The van der Waals surface area contributed by atoms with Crippen LogP contribution in [0.25, 0.3) is 0 Å². The average molecular weight is 371 g/mol. The summed E-state index contributed by atoms with van der Waals surface area (Å²) in [5.41, 5.74) is 3.88. The number of hydrogen-bond acceptors (Lipinski definition) is 4. The first-order valence-electron chi connectivity index (χ1n) is 9.52. The number of aryl methyl sites for hydroxylation is 1. The minimum absolute atomic E-state index is 0.165. The molecule has 0 saturated heterocycles. The van der Waals surface area contributed by atoms with Gasteiger partial charge in [0, 0.05) is 13.0 Å². The number of hydroxylamine groups is 1. The molecule has 0 aliphatic heterocycles. The van der Waals surface area contributed by atoms with Gasteiger partial charge in [-0.25, -0.2) is 5.48 Å². The summed E-state index contributed by atoms with van der Waals surface area (Å²) in [6.45, 7) is 0.550. The Labute approximate surface area is 160 Å². The lowest BCUT2D eigenvalue weighted by atomic mass is 9.81. The molecule has 0 heterocycles. The van der Waals surface area contributed by atoms with Crippen LogP contribution in [0.5, 0.6) is 0 Å². The molecule has 2 aromatic rings. The third-order valence-electron chi connectivity index (χ3n) is 4.87. The number of rotatable bonds is 12. The number of aliphatic carboxylic acids is 1. The van der Waals surface area contributed by atoms with Gasteiger partial charge in [-0.05, 0) is 48.8 Å². The SMILES string of the molecule is O=C(O)CCCc1ccc(C(O)(CCCCCNO)c2ccccc2)cc1. The fourth-order valence-corrected chi connectivity index (χ4v) is 3.32. The molecule has 0 aromatic heterocycles. The number of aliphatic hydroxyl groups is 1. The van der Waals surface area contributed by atoms with Gasteiger partial charge in [0.2, 0.25) is 0 Å². The summed E-state index contributed by atoms with van der Waals surface area (Å²) in [5, 5.41) is 28.9. The highest BCUT2D eigenvalue weighted by atomic mass is 16.5.